The standard InChI is InChI=1S/C9H10O.CH4O/c1-3-8-4-5-9(10)7(2)6-8;1-2/h3-6,10H,1H2,2H3;2H,1H3. The maximum atomic E-state index is 9.10. The number of aliphatic hydroxyl groups excluding tert-OH is 1. The van der Waals surface area contributed by atoms with Crippen molar-refractivity contribution >= 4 is 6.08 Å². The van der Waals surface area contributed by atoms with Crippen LogP contribution in [0.25, 0.3) is 6.08 Å². The summed E-state index contributed by atoms with van der Waals surface area (Å²) < 4.78 is 0. The third-order valence-electron chi connectivity index (χ3n) is 1.46. The summed E-state index contributed by atoms with van der Waals surface area (Å²) in [4.78, 5) is 0. The largest absolute Gasteiger partial charge is 0.508 e. The van der Waals surface area contributed by atoms with Gasteiger partial charge in [0.1, 0.15) is 5.75 Å². The van der Waals surface area contributed by atoms with Crippen molar-refractivity contribution in [2.75, 3.05) is 7.11 Å². The third kappa shape index (κ3) is 2.76. The molecule has 2 heteroatoms. The smallest absolute Gasteiger partial charge is 0.118 e. The Morgan fingerprint density at radius 1 is 1.33 bits per heavy atom. The second-order valence-corrected chi connectivity index (χ2v) is 2.25. The third-order valence-corrected chi connectivity index (χ3v) is 1.46. The molecule has 0 aromatic heterocycles. The number of aliphatic hydroxyl groups is 1. The van der Waals surface area contributed by atoms with Gasteiger partial charge < -0.3 is 10.2 Å². The highest BCUT2D eigenvalue weighted by atomic mass is 16.3. The lowest BCUT2D eigenvalue weighted by molar-refractivity contribution is 0.399. The van der Waals surface area contributed by atoms with E-state index in [2.05, 4.69) is 6.58 Å². The average molecular weight is 166 g/mol. The van der Waals surface area contributed by atoms with Gasteiger partial charge in [0.2, 0.25) is 0 Å². The van der Waals surface area contributed by atoms with E-state index in [9.17, 15) is 0 Å². The molecule has 0 aliphatic carbocycles. The van der Waals surface area contributed by atoms with Gasteiger partial charge in [0.05, 0.1) is 0 Å². The summed E-state index contributed by atoms with van der Waals surface area (Å²) in [5.74, 6) is 0.339. The molecule has 0 aliphatic heterocycles. The molecule has 0 bridgehead atoms. The second kappa shape index (κ2) is 5.38. The van der Waals surface area contributed by atoms with E-state index < -0.39 is 0 Å². The Kier molecular flexibility index (Phi) is 4.81. The van der Waals surface area contributed by atoms with Crippen molar-refractivity contribution in [3.05, 3.63) is 35.9 Å². The lowest BCUT2D eigenvalue weighted by Crippen LogP contribution is -1.75. The van der Waals surface area contributed by atoms with Gasteiger partial charge in [-0.1, -0.05) is 18.7 Å². The molecule has 2 nitrogen and oxygen atoms in total. The van der Waals surface area contributed by atoms with Crippen LogP contribution >= 0.6 is 0 Å². The van der Waals surface area contributed by atoms with Gasteiger partial charge in [-0.25, -0.2) is 0 Å². The lowest BCUT2D eigenvalue weighted by atomic mass is 10.1. The SMILES string of the molecule is C=Cc1ccc(O)c(C)c1.CO. The predicted octanol–water partition coefficient (Wildman–Crippen LogP) is 1.95. The minimum absolute atomic E-state index is 0.339. The van der Waals surface area contributed by atoms with Crippen molar-refractivity contribution in [3.63, 3.8) is 0 Å². The van der Waals surface area contributed by atoms with Crippen molar-refractivity contribution < 1.29 is 10.2 Å². The van der Waals surface area contributed by atoms with Crippen LogP contribution in [0.3, 0.4) is 0 Å². The van der Waals surface area contributed by atoms with Gasteiger partial charge in [0.15, 0.2) is 0 Å². The number of rotatable bonds is 1. The minimum atomic E-state index is 0.339. The molecule has 0 amide bonds. The number of benzene rings is 1. The van der Waals surface area contributed by atoms with Crippen LogP contribution in [0.15, 0.2) is 24.8 Å². The number of hydrogen-bond acceptors (Lipinski definition) is 2. The van der Waals surface area contributed by atoms with Gasteiger partial charge in [0.25, 0.3) is 0 Å². The molecular formula is C10H14O2. The molecule has 1 aromatic rings. The molecule has 0 radical (unpaired) electrons. The zero-order chi connectivity index (χ0) is 9.56. The zero-order valence-electron chi connectivity index (χ0n) is 7.41. The molecule has 2 N–H and O–H groups in total. The van der Waals surface area contributed by atoms with Crippen LogP contribution in [0.4, 0.5) is 0 Å². The molecular weight excluding hydrogens is 152 g/mol. The molecule has 1 aromatic carbocycles. The Labute approximate surface area is 72.8 Å². The van der Waals surface area contributed by atoms with E-state index in [-0.39, 0.29) is 0 Å². The normalized spacial score (nSPS) is 8.25. The van der Waals surface area contributed by atoms with Crippen LogP contribution in [-0.2, 0) is 0 Å². The van der Waals surface area contributed by atoms with Crippen LogP contribution in [0.2, 0.25) is 0 Å². The summed E-state index contributed by atoms with van der Waals surface area (Å²) in [6.45, 7) is 5.48. The number of phenolic OH excluding ortho intramolecular Hbond substituents is 1. The van der Waals surface area contributed by atoms with Crippen LogP contribution < -0.4 is 0 Å². The molecule has 0 saturated carbocycles. The highest BCUT2D eigenvalue weighted by Crippen LogP contribution is 2.16. The summed E-state index contributed by atoms with van der Waals surface area (Å²) in [6.07, 6.45) is 1.76. The summed E-state index contributed by atoms with van der Waals surface area (Å²) in [5.41, 5.74) is 1.92. The Balaban J connectivity index is 0.000000561. The molecule has 0 atom stereocenters. The summed E-state index contributed by atoms with van der Waals surface area (Å²) in [5, 5.41) is 16.1. The monoisotopic (exact) mass is 166 g/mol. The van der Waals surface area contributed by atoms with E-state index in [0.717, 1.165) is 18.2 Å². The zero-order valence-corrected chi connectivity index (χ0v) is 7.41. The topological polar surface area (TPSA) is 40.5 Å². The van der Waals surface area contributed by atoms with Gasteiger partial charge in [-0.05, 0) is 30.2 Å². The van der Waals surface area contributed by atoms with Gasteiger partial charge >= 0.3 is 0 Å². The van der Waals surface area contributed by atoms with Crippen LogP contribution in [0, 0.1) is 6.92 Å². The molecule has 0 aliphatic rings. The second-order valence-electron chi connectivity index (χ2n) is 2.25. The van der Waals surface area contributed by atoms with E-state index in [1.54, 1.807) is 12.1 Å². The molecule has 12 heavy (non-hydrogen) atoms. The molecule has 0 unspecified atom stereocenters. The lowest BCUT2D eigenvalue weighted by Gasteiger charge is -1.97. The number of hydrogen-bond donors (Lipinski definition) is 2. The van der Waals surface area contributed by atoms with Gasteiger partial charge in [-0.2, -0.15) is 0 Å². The first-order valence-corrected chi connectivity index (χ1v) is 3.61. The van der Waals surface area contributed by atoms with Crippen molar-refractivity contribution in [2.24, 2.45) is 0 Å². The maximum Gasteiger partial charge on any atom is 0.118 e. The van der Waals surface area contributed by atoms with E-state index >= 15 is 0 Å². The quantitative estimate of drug-likeness (QED) is 0.669. The maximum absolute atomic E-state index is 9.10. The Hall–Kier alpha value is -1.28. The Bertz CT molecular complexity index is 254. The first-order chi connectivity index (χ1) is 5.74. The van der Waals surface area contributed by atoms with Crippen molar-refractivity contribution in [3.8, 4) is 5.75 Å². The molecule has 66 valence electrons. The Morgan fingerprint density at radius 3 is 2.33 bits per heavy atom. The van der Waals surface area contributed by atoms with Crippen molar-refractivity contribution in [1.82, 2.24) is 0 Å². The summed E-state index contributed by atoms with van der Waals surface area (Å²) >= 11 is 0. The van der Waals surface area contributed by atoms with Crippen LogP contribution in [0.5, 0.6) is 5.75 Å². The predicted molar refractivity (Wildman–Crippen MR) is 51.1 cm³/mol. The molecule has 0 saturated heterocycles. The van der Waals surface area contributed by atoms with Crippen molar-refractivity contribution in [2.45, 2.75) is 6.92 Å². The fraction of sp³-hybridized carbons (Fsp3) is 0.200. The molecule has 0 heterocycles. The van der Waals surface area contributed by atoms with Crippen LogP contribution in [0.1, 0.15) is 11.1 Å². The Morgan fingerprint density at radius 2 is 1.92 bits per heavy atom. The molecule has 1 rings (SSSR count). The highest BCUT2D eigenvalue weighted by molar-refractivity contribution is 5.50. The first-order valence-electron chi connectivity index (χ1n) is 3.61. The van der Waals surface area contributed by atoms with E-state index in [1.807, 2.05) is 19.1 Å². The van der Waals surface area contributed by atoms with Gasteiger partial charge in [0, 0.05) is 7.11 Å². The van der Waals surface area contributed by atoms with Crippen molar-refractivity contribution in [1.29, 1.82) is 0 Å². The summed E-state index contributed by atoms with van der Waals surface area (Å²) in [7, 11) is 1.00. The van der Waals surface area contributed by atoms with Gasteiger partial charge in [-0.3, -0.25) is 0 Å². The van der Waals surface area contributed by atoms with E-state index in [4.69, 9.17) is 10.2 Å². The number of aryl methyl sites for hydroxylation is 1. The number of aromatic hydroxyl groups is 1. The number of phenols is 1. The minimum Gasteiger partial charge on any atom is -0.508 e. The average Bonchev–Trinajstić information content (AvgIpc) is 2.13. The summed E-state index contributed by atoms with van der Waals surface area (Å²) in [6, 6.07) is 5.39. The molecule has 0 spiro atoms. The highest BCUT2D eigenvalue weighted by Gasteiger charge is 1.93. The fourth-order valence-corrected chi connectivity index (χ4v) is 0.806. The van der Waals surface area contributed by atoms with E-state index in [1.165, 1.54) is 0 Å². The van der Waals surface area contributed by atoms with E-state index in [0.29, 0.717) is 5.75 Å². The molecule has 0 fully saturated rings. The first kappa shape index (κ1) is 10.7. The van der Waals surface area contributed by atoms with Crippen LogP contribution in [-0.4, -0.2) is 17.3 Å². The fourth-order valence-electron chi connectivity index (χ4n) is 0.806. The van der Waals surface area contributed by atoms with Gasteiger partial charge in [-0.15, -0.1) is 0 Å².